The molecule has 1 atom stereocenters. The molecule has 0 saturated carbocycles. The van der Waals surface area contributed by atoms with Gasteiger partial charge in [-0.25, -0.2) is 0 Å². The first-order valence-corrected chi connectivity index (χ1v) is 6.66. The van der Waals surface area contributed by atoms with Crippen LogP contribution in [0.3, 0.4) is 0 Å². The van der Waals surface area contributed by atoms with Gasteiger partial charge in [-0.05, 0) is 42.7 Å². The Kier molecular flexibility index (Phi) is 4.46. The minimum atomic E-state index is -0.157. The van der Waals surface area contributed by atoms with E-state index in [0.29, 0.717) is 17.4 Å². The summed E-state index contributed by atoms with van der Waals surface area (Å²) in [6.07, 6.45) is 0. The van der Waals surface area contributed by atoms with Gasteiger partial charge in [-0.15, -0.1) is 0 Å². The summed E-state index contributed by atoms with van der Waals surface area (Å²) < 4.78 is 5.67. The number of aryl methyl sites for hydroxylation is 2. The van der Waals surface area contributed by atoms with Gasteiger partial charge in [0.15, 0.2) is 0 Å². The lowest BCUT2D eigenvalue weighted by molar-refractivity contribution is 0.291. The monoisotopic (exact) mass is 275 g/mol. The molecule has 19 heavy (non-hydrogen) atoms. The standard InChI is InChI=1S/C16H18ClNO/c1-11-7-8-13(9-12(11)2)15(18)10-19-16-6-4-3-5-14(16)17/h3-9,15H,10,18H2,1-2H3. The highest BCUT2D eigenvalue weighted by atomic mass is 35.5. The number of rotatable bonds is 4. The van der Waals surface area contributed by atoms with Crippen LogP contribution in [-0.2, 0) is 0 Å². The molecule has 3 heteroatoms. The van der Waals surface area contributed by atoms with Gasteiger partial charge in [-0.1, -0.05) is 41.9 Å². The van der Waals surface area contributed by atoms with E-state index in [9.17, 15) is 0 Å². The molecule has 0 saturated heterocycles. The van der Waals surface area contributed by atoms with Crippen LogP contribution in [0.2, 0.25) is 5.02 Å². The highest BCUT2D eigenvalue weighted by Crippen LogP contribution is 2.24. The van der Waals surface area contributed by atoms with E-state index in [-0.39, 0.29) is 6.04 Å². The van der Waals surface area contributed by atoms with Crippen molar-refractivity contribution in [1.29, 1.82) is 0 Å². The van der Waals surface area contributed by atoms with E-state index >= 15 is 0 Å². The highest BCUT2D eigenvalue weighted by Gasteiger charge is 2.09. The predicted octanol–water partition coefficient (Wildman–Crippen LogP) is 4.04. The molecule has 0 radical (unpaired) electrons. The molecule has 2 aromatic carbocycles. The molecule has 0 heterocycles. The number of benzene rings is 2. The molecular weight excluding hydrogens is 258 g/mol. The second-order valence-electron chi connectivity index (χ2n) is 4.69. The number of ether oxygens (including phenoxy) is 1. The van der Waals surface area contributed by atoms with Gasteiger partial charge < -0.3 is 10.5 Å². The lowest BCUT2D eigenvalue weighted by Gasteiger charge is -2.15. The van der Waals surface area contributed by atoms with Gasteiger partial charge in [0.25, 0.3) is 0 Å². The normalized spacial score (nSPS) is 12.2. The van der Waals surface area contributed by atoms with Gasteiger partial charge in [0.05, 0.1) is 11.1 Å². The van der Waals surface area contributed by atoms with Gasteiger partial charge in [0, 0.05) is 0 Å². The van der Waals surface area contributed by atoms with Crippen molar-refractivity contribution in [2.75, 3.05) is 6.61 Å². The lowest BCUT2D eigenvalue weighted by atomic mass is 10.0. The van der Waals surface area contributed by atoms with Crippen LogP contribution >= 0.6 is 11.6 Å². The summed E-state index contributed by atoms with van der Waals surface area (Å²) in [4.78, 5) is 0. The van der Waals surface area contributed by atoms with Gasteiger partial charge in [0.1, 0.15) is 12.4 Å². The van der Waals surface area contributed by atoms with E-state index in [4.69, 9.17) is 22.1 Å². The molecule has 0 aromatic heterocycles. The fraction of sp³-hybridized carbons (Fsp3) is 0.250. The Morgan fingerprint density at radius 2 is 1.84 bits per heavy atom. The summed E-state index contributed by atoms with van der Waals surface area (Å²) in [5.41, 5.74) is 9.73. The summed E-state index contributed by atoms with van der Waals surface area (Å²) in [6.45, 7) is 4.58. The SMILES string of the molecule is Cc1ccc(C(N)COc2ccccc2Cl)cc1C. The molecule has 0 aliphatic rings. The fourth-order valence-corrected chi connectivity index (χ4v) is 2.02. The van der Waals surface area contributed by atoms with E-state index in [2.05, 4.69) is 26.0 Å². The second-order valence-corrected chi connectivity index (χ2v) is 5.10. The van der Waals surface area contributed by atoms with Crippen molar-refractivity contribution < 1.29 is 4.74 Å². The molecule has 1 unspecified atom stereocenters. The molecule has 2 aromatic rings. The second kappa shape index (κ2) is 6.09. The minimum Gasteiger partial charge on any atom is -0.490 e. The number of hydrogen-bond acceptors (Lipinski definition) is 2. The van der Waals surface area contributed by atoms with Crippen LogP contribution in [0, 0.1) is 13.8 Å². The van der Waals surface area contributed by atoms with Gasteiger partial charge in [-0.2, -0.15) is 0 Å². The van der Waals surface area contributed by atoms with Crippen molar-refractivity contribution >= 4 is 11.6 Å². The van der Waals surface area contributed by atoms with Crippen LogP contribution in [0.15, 0.2) is 42.5 Å². The van der Waals surface area contributed by atoms with Gasteiger partial charge in [-0.3, -0.25) is 0 Å². The number of hydrogen-bond donors (Lipinski definition) is 1. The van der Waals surface area contributed by atoms with Gasteiger partial charge in [0.2, 0.25) is 0 Å². The van der Waals surface area contributed by atoms with Crippen LogP contribution in [-0.4, -0.2) is 6.61 Å². The molecule has 0 spiro atoms. The van der Waals surface area contributed by atoms with E-state index in [1.54, 1.807) is 6.07 Å². The number of nitrogens with two attached hydrogens (primary N) is 1. The Morgan fingerprint density at radius 1 is 1.11 bits per heavy atom. The molecule has 100 valence electrons. The molecule has 0 amide bonds. The van der Waals surface area contributed by atoms with E-state index in [0.717, 1.165) is 5.56 Å². The van der Waals surface area contributed by atoms with Crippen molar-refractivity contribution in [2.45, 2.75) is 19.9 Å². The van der Waals surface area contributed by atoms with E-state index < -0.39 is 0 Å². The third kappa shape index (κ3) is 3.49. The molecule has 2 N–H and O–H groups in total. The van der Waals surface area contributed by atoms with Crippen molar-refractivity contribution in [1.82, 2.24) is 0 Å². The van der Waals surface area contributed by atoms with Crippen LogP contribution < -0.4 is 10.5 Å². The fourth-order valence-electron chi connectivity index (χ4n) is 1.83. The molecule has 0 aliphatic carbocycles. The van der Waals surface area contributed by atoms with Crippen molar-refractivity contribution in [3.8, 4) is 5.75 Å². The average Bonchev–Trinajstić information content (AvgIpc) is 2.40. The first kappa shape index (κ1) is 13.9. The lowest BCUT2D eigenvalue weighted by Crippen LogP contribution is -2.19. The first-order chi connectivity index (χ1) is 9.08. The largest absolute Gasteiger partial charge is 0.490 e. The minimum absolute atomic E-state index is 0.157. The molecule has 2 nitrogen and oxygen atoms in total. The predicted molar refractivity (Wildman–Crippen MR) is 79.8 cm³/mol. The van der Waals surface area contributed by atoms with Crippen molar-refractivity contribution in [3.05, 3.63) is 64.2 Å². The Bertz CT molecular complexity index is 568. The smallest absolute Gasteiger partial charge is 0.137 e. The summed E-state index contributed by atoms with van der Waals surface area (Å²) in [6, 6.07) is 13.5. The summed E-state index contributed by atoms with van der Waals surface area (Å²) in [7, 11) is 0. The molecular formula is C16H18ClNO. The molecule has 0 aliphatic heterocycles. The maximum atomic E-state index is 6.14. The quantitative estimate of drug-likeness (QED) is 0.914. The maximum Gasteiger partial charge on any atom is 0.137 e. The summed E-state index contributed by atoms with van der Waals surface area (Å²) in [5, 5.41) is 0.606. The third-order valence-electron chi connectivity index (χ3n) is 3.21. The van der Waals surface area contributed by atoms with Gasteiger partial charge >= 0.3 is 0 Å². The topological polar surface area (TPSA) is 35.2 Å². The van der Waals surface area contributed by atoms with Crippen molar-refractivity contribution in [2.24, 2.45) is 5.73 Å². The molecule has 0 bridgehead atoms. The Hall–Kier alpha value is -1.51. The van der Waals surface area contributed by atoms with Crippen molar-refractivity contribution in [3.63, 3.8) is 0 Å². The maximum absolute atomic E-state index is 6.14. The van der Waals surface area contributed by atoms with Crippen LogP contribution in [0.4, 0.5) is 0 Å². The van der Waals surface area contributed by atoms with Crippen LogP contribution in [0.5, 0.6) is 5.75 Å². The molecule has 0 fully saturated rings. The Morgan fingerprint density at radius 3 is 2.53 bits per heavy atom. The zero-order chi connectivity index (χ0) is 13.8. The van der Waals surface area contributed by atoms with Crippen LogP contribution in [0.25, 0.3) is 0 Å². The summed E-state index contributed by atoms with van der Waals surface area (Å²) >= 11 is 6.03. The average molecular weight is 276 g/mol. The third-order valence-corrected chi connectivity index (χ3v) is 3.53. The zero-order valence-electron chi connectivity index (χ0n) is 11.2. The summed E-state index contributed by atoms with van der Waals surface area (Å²) in [5.74, 6) is 0.670. The van der Waals surface area contributed by atoms with E-state index in [1.165, 1.54) is 11.1 Å². The Labute approximate surface area is 119 Å². The van der Waals surface area contributed by atoms with Crippen LogP contribution in [0.1, 0.15) is 22.7 Å². The van der Waals surface area contributed by atoms with E-state index in [1.807, 2.05) is 24.3 Å². The highest BCUT2D eigenvalue weighted by molar-refractivity contribution is 6.32. The Balaban J connectivity index is 2.03. The number of para-hydroxylation sites is 1. The number of halogens is 1. The molecule has 2 rings (SSSR count). The first-order valence-electron chi connectivity index (χ1n) is 6.28. The zero-order valence-corrected chi connectivity index (χ0v) is 11.9.